The van der Waals surface area contributed by atoms with Crippen molar-refractivity contribution in [2.45, 2.75) is 49.3 Å². The molecule has 10 nitrogen and oxygen atoms in total. The first-order valence-electron chi connectivity index (χ1n) is 9.53. The Kier molecular flexibility index (Phi) is 6.58. The highest BCUT2D eigenvalue weighted by atomic mass is 32.2. The molecule has 1 N–H and O–H groups in total. The van der Waals surface area contributed by atoms with Gasteiger partial charge >= 0.3 is 6.01 Å². The van der Waals surface area contributed by atoms with Crippen molar-refractivity contribution in [2.24, 2.45) is 0 Å². The fourth-order valence-electron chi connectivity index (χ4n) is 3.37. The normalized spacial score (nSPS) is 18.3. The molecule has 1 aromatic carbocycles. The number of sulfonamides is 1. The third-order valence-corrected chi connectivity index (χ3v) is 7.58. The van der Waals surface area contributed by atoms with E-state index in [9.17, 15) is 21.6 Å². The van der Waals surface area contributed by atoms with Gasteiger partial charge in [0.2, 0.25) is 15.9 Å². The molecule has 2 aromatic rings. The molecule has 1 aliphatic heterocycles. The summed E-state index contributed by atoms with van der Waals surface area (Å²) in [5.41, 5.74) is 0.197. The van der Waals surface area contributed by atoms with Crippen LogP contribution in [0.5, 0.6) is 0 Å². The van der Waals surface area contributed by atoms with Crippen molar-refractivity contribution < 1.29 is 26.0 Å². The number of amides is 1. The van der Waals surface area contributed by atoms with Crippen LogP contribution in [0.1, 0.15) is 48.9 Å². The Morgan fingerprint density at radius 1 is 1.17 bits per heavy atom. The Morgan fingerprint density at radius 2 is 1.87 bits per heavy atom. The molecule has 2 heterocycles. The quantitative estimate of drug-likeness (QED) is 0.665. The minimum absolute atomic E-state index is 0.00890. The molecule has 0 saturated carbocycles. The van der Waals surface area contributed by atoms with Crippen LogP contribution in [0.4, 0.5) is 6.01 Å². The lowest BCUT2D eigenvalue weighted by atomic mass is 10.0. The number of carbonyl (C=O) groups is 1. The highest BCUT2D eigenvalue weighted by Crippen LogP contribution is 2.27. The molecule has 0 bridgehead atoms. The molecule has 1 aromatic heterocycles. The molecule has 30 heavy (non-hydrogen) atoms. The topological polar surface area (TPSA) is 140 Å². The zero-order valence-electron chi connectivity index (χ0n) is 16.7. The molecule has 0 aliphatic carbocycles. The van der Waals surface area contributed by atoms with Crippen molar-refractivity contribution in [3.05, 3.63) is 35.7 Å². The Bertz CT molecular complexity index is 1110. The van der Waals surface area contributed by atoms with Gasteiger partial charge in [-0.25, -0.2) is 16.8 Å². The summed E-state index contributed by atoms with van der Waals surface area (Å²) < 4.78 is 55.1. The average molecular weight is 457 g/mol. The fourth-order valence-corrected chi connectivity index (χ4v) is 5.70. The van der Waals surface area contributed by atoms with Gasteiger partial charge in [0.05, 0.1) is 4.90 Å². The van der Waals surface area contributed by atoms with Gasteiger partial charge in [0, 0.05) is 24.4 Å². The average Bonchev–Trinajstić information content (AvgIpc) is 3.12. The largest absolute Gasteiger partial charge is 0.407 e. The predicted octanol–water partition coefficient (Wildman–Crippen LogP) is 1.82. The van der Waals surface area contributed by atoms with Crippen LogP contribution < -0.4 is 5.32 Å². The van der Waals surface area contributed by atoms with E-state index in [0.717, 1.165) is 31.9 Å². The van der Waals surface area contributed by atoms with E-state index >= 15 is 0 Å². The third kappa shape index (κ3) is 5.24. The number of piperidine rings is 1. The Labute approximate surface area is 175 Å². The van der Waals surface area contributed by atoms with Gasteiger partial charge in [-0.15, -0.1) is 5.10 Å². The monoisotopic (exact) mass is 456 g/mol. The first-order chi connectivity index (χ1) is 14.1. The van der Waals surface area contributed by atoms with E-state index < -0.39 is 31.5 Å². The maximum Gasteiger partial charge on any atom is 0.322 e. The molecule has 1 unspecified atom stereocenters. The molecule has 1 aliphatic rings. The summed E-state index contributed by atoms with van der Waals surface area (Å²) in [7, 11) is -6.98. The Balaban J connectivity index is 1.71. The fraction of sp³-hybridized carbons (Fsp3) is 0.500. The van der Waals surface area contributed by atoms with Crippen LogP contribution in [0.2, 0.25) is 0 Å². The first-order valence-corrected chi connectivity index (χ1v) is 13.0. The zero-order chi connectivity index (χ0) is 21.9. The van der Waals surface area contributed by atoms with Gasteiger partial charge in [0.1, 0.15) is 5.75 Å². The Hall–Kier alpha value is -2.31. The number of rotatable bonds is 7. The van der Waals surface area contributed by atoms with Gasteiger partial charge in [0.25, 0.3) is 5.91 Å². The molecule has 1 amide bonds. The standard InChI is InChI=1S/C18H24N4O6S2/c1-3-14-6-4-5-11-22(14)30(26,27)15-9-7-13(8-10-15)17(23)19-18-21-20-16(28-18)12-29(2,24)25/h7-10,14H,3-6,11-12H2,1-2H3,(H,19,21,23). The lowest BCUT2D eigenvalue weighted by Crippen LogP contribution is -2.43. The molecule has 1 atom stereocenters. The third-order valence-electron chi connectivity index (χ3n) is 4.84. The van der Waals surface area contributed by atoms with Gasteiger partial charge in [0.15, 0.2) is 9.84 Å². The van der Waals surface area contributed by atoms with E-state index in [-0.39, 0.29) is 28.4 Å². The highest BCUT2D eigenvalue weighted by Gasteiger charge is 2.32. The predicted molar refractivity (Wildman–Crippen MR) is 109 cm³/mol. The van der Waals surface area contributed by atoms with E-state index in [4.69, 9.17) is 4.42 Å². The number of nitrogens with zero attached hydrogens (tertiary/aromatic N) is 3. The maximum absolute atomic E-state index is 13.0. The lowest BCUT2D eigenvalue weighted by Gasteiger charge is -2.34. The molecule has 164 valence electrons. The van der Waals surface area contributed by atoms with Crippen molar-refractivity contribution in [2.75, 3.05) is 18.1 Å². The summed E-state index contributed by atoms with van der Waals surface area (Å²) in [5, 5.41) is 9.52. The number of nitrogens with one attached hydrogen (secondary N) is 1. The van der Waals surface area contributed by atoms with Crippen LogP contribution in [-0.4, -0.2) is 56.1 Å². The van der Waals surface area contributed by atoms with Crippen molar-refractivity contribution in [1.82, 2.24) is 14.5 Å². The van der Waals surface area contributed by atoms with Crippen molar-refractivity contribution in [3.63, 3.8) is 0 Å². The van der Waals surface area contributed by atoms with Crippen molar-refractivity contribution >= 4 is 31.8 Å². The van der Waals surface area contributed by atoms with Crippen LogP contribution in [0.3, 0.4) is 0 Å². The summed E-state index contributed by atoms with van der Waals surface area (Å²) in [6.07, 6.45) is 4.48. The summed E-state index contributed by atoms with van der Waals surface area (Å²) in [6.45, 7) is 2.47. The van der Waals surface area contributed by atoms with Crippen LogP contribution in [0, 0.1) is 0 Å². The number of aromatic nitrogens is 2. The summed E-state index contributed by atoms with van der Waals surface area (Å²) in [5.74, 6) is -1.16. The first kappa shape index (κ1) is 22.4. The molecule has 1 fully saturated rings. The highest BCUT2D eigenvalue weighted by molar-refractivity contribution is 7.90. The van der Waals surface area contributed by atoms with E-state index in [0.29, 0.717) is 6.54 Å². The molecule has 3 rings (SSSR count). The molecule has 12 heteroatoms. The van der Waals surface area contributed by atoms with E-state index in [1.165, 1.54) is 24.3 Å². The number of sulfone groups is 1. The van der Waals surface area contributed by atoms with Crippen LogP contribution >= 0.6 is 0 Å². The molecule has 0 spiro atoms. The minimum Gasteiger partial charge on any atom is -0.407 e. The van der Waals surface area contributed by atoms with Crippen LogP contribution in [0.25, 0.3) is 0 Å². The number of carbonyl (C=O) groups excluding carboxylic acids is 1. The van der Waals surface area contributed by atoms with E-state index in [1.807, 2.05) is 6.92 Å². The SMILES string of the molecule is CCC1CCCCN1S(=O)(=O)c1ccc(C(=O)Nc2nnc(CS(C)(=O)=O)o2)cc1. The van der Waals surface area contributed by atoms with Gasteiger partial charge < -0.3 is 4.42 Å². The molecular formula is C18H24N4O6S2. The minimum atomic E-state index is -3.63. The number of hydrogen-bond acceptors (Lipinski definition) is 8. The summed E-state index contributed by atoms with van der Waals surface area (Å²) in [4.78, 5) is 12.5. The van der Waals surface area contributed by atoms with Gasteiger partial charge in [-0.1, -0.05) is 18.4 Å². The number of anilines is 1. The van der Waals surface area contributed by atoms with Gasteiger partial charge in [-0.2, -0.15) is 4.31 Å². The molecular weight excluding hydrogens is 432 g/mol. The molecule has 1 saturated heterocycles. The Morgan fingerprint density at radius 3 is 2.50 bits per heavy atom. The number of hydrogen-bond donors (Lipinski definition) is 1. The molecule has 0 radical (unpaired) electrons. The zero-order valence-corrected chi connectivity index (χ0v) is 18.4. The van der Waals surface area contributed by atoms with Gasteiger partial charge in [-0.3, -0.25) is 10.1 Å². The van der Waals surface area contributed by atoms with Crippen LogP contribution in [-0.2, 0) is 25.6 Å². The van der Waals surface area contributed by atoms with Crippen LogP contribution in [0.15, 0.2) is 33.6 Å². The second-order valence-corrected chi connectivity index (χ2v) is 11.3. The second kappa shape index (κ2) is 8.82. The maximum atomic E-state index is 13.0. The second-order valence-electron chi connectivity index (χ2n) is 7.22. The van der Waals surface area contributed by atoms with E-state index in [2.05, 4.69) is 15.5 Å². The lowest BCUT2D eigenvalue weighted by molar-refractivity contribution is 0.102. The number of benzene rings is 1. The van der Waals surface area contributed by atoms with Crippen molar-refractivity contribution in [1.29, 1.82) is 0 Å². The van der Waals surface area contributed by atoms with E-state index in [1.54, 1.807) is 4.31 Å². The summed E-state index contributed by atoms with van der Waals surface area (Å²) >= 11 is 0. The van der Waals surface area contributed by atoms with Gasteiger partial charge in [-0.05, 0) is 43.5 Å². The summed E-state index contributed by atoms with van der Waals surface area (Å²) in [6, 6.07) is 5.35. The van der Waals surface area contributed by atoms with Crippen molar-refractivity contribution in [3.8, 4) is 0 Å². The smallest absolute Gasteiger partial charge is 0.322 e.